The molecule has 1 aliphatic heterocycles. The second kappa shape index (κ2) is 6.18. The number of carbonyl (C=O) groups is 2. The minimum absolute atomic E-state index is 0.0352. The minimum Gasteiger partial charge on any atom is -0.309 e. The van der Waals surface area contributed by atoms with Crippen LogP contribution in [0.25, 0.3) is 0 Å². The number of fused-ring (bicyclic) bond motifs is 1. The smallest absolute Gasteiger partial charge is 0.229 e. The molecular weight excluding hydrogens is 286 g/mol. The molecule has 1 aromatic carbocycles. The summed E-state index contributed by atoms with van der Waals surface area (Å²) in [5.41, 5.74) is 2.63. The summed E-state index contributed by atoms with van der Waals surface area (Å²) in [5, 5.41) is -0.477. The molecule has 0 aromatic heterocycles. The van der Waals surface area contributed by atoms with Crippen molar-refractivity contribution in [3.05, 3.63) is 29.3 Å². The van der Waals surface area contributed by atoms with Gasteiger partial charge in [-0.1, -0.05) is 20.8 Å². The molecule has 0 spiro atoms. The number of ketones is 1. The first-order valence-electron chi connectivity index (χ1n) is 7.51. The predicted molar refractivity (Wildman–Crippen MR) is 86.2 cm³/mol. The fourth-order valence-electron chi connectivity index (χ4n) is 2.76. The van der Waals surface area contributed by atoms with Crippen LogP contribution in [0.3, 0.4) is 0 Å². The molecular formula is C17H22ClNO2. The Hall–Kier alpha value is -1.35. The molecule has 0 saturated heterocycles. The Labute approximate surface area is 131 Å². The van der Waals surface area contributed by atoms with E-state index in [0.717, 1.165) is 17.7 Å². The van der Waals surface area contributed by atoms with Gasteiger partial charge in [-0.3, -0.25) is 9.59 Å². The van der Waals surface area contributed by atoms with Crippen molar-refractivity contribution in [1.29, 1.82) is 0 Å². The Morgan fingerprint density at radius 3 is 2.62 bits per heavy atom. The highest BCUT2D eigenvalue weighted by Crippen LogP contribution is 2.34. The van der Waals surface area contributed by atoms with Gasteiger partial charge in [0.05, 0.1) is 5.38 Å². The average Bonchev–Trinajstić information content (AvgIpc) is 2.79. The summed E-state index contributed by atoms with van der Waals surface area (Å²) >= 11 is 6.04. The number of nitrogens with zero attached hydrogens (tertiary/aromatic N) is 1. The van der Waals surface area contributed by atoms with Crippen LogP contribution in [-0.2, 0) is 11.2 Å². The Morgan fingerprint density at radius 2 is 2.05 bits per heavy atom. The summed E-state index contributed by atoms with van der Waals surface area (Å²) in [6.45, 7) is 7.75. The van der Waals surface area contributed by atoms with E-state index in [1.165, 1.54) is 0 Å². The first-order chi connectivity index (χ1) is 9.86. The summed E-state index contributed by atoms with van der Waals surface area (Å²) in [5.74, 6) is 0.0550. The second-order valence-electron chi connectivity index (χ2n) is 6.00. The van der Waals surface area contributed by atoms with Crippen molar-refractivity contribution < 1.29 is 9.59 Å². The lowest BCUT2D eigenvalue weighted by molar-refractivity contribution is -0.121. The maximum Gasteiger partial charge on any atom is 0.229 e. The second-order valence-corrected chi connectivity index (χ2v) is 6.53. The van der Waals surface area contributed by atoms with Gasteiger partial charge in [-0.05, 0) is 43.5 Å². The fourth-order valence-corrected chi connectivity index (χ4v) is 2.89. The van der Waals surface area contributed by atoms with Crippen LogP contribution in [0.15, 0.2) is 18.2 Å². The van der Waals surface area contributed by atoms with Crippen molar-refractivity contribution in [1.82, 2.24) is 0 Å². The first kappa shape index (κ1) is 16.0. The molecule has 114 valence electrons. The molecule has 4 heteroatoms. The van der Waals surface area contributed by atoms with E-state index in [1.54, 1.807) is 6.07 Å². The highest BCUT2D eigenvalue weighted by atomic mass is 35.5. The molecule has 2 unspecified atom stereocenters. The van der Waals surface area contributed by atoms with Crippen molar-refractivity contribution >= 4 is 29.0 Å². The standard InChI is InChI=1S/C17H22ClNO2/c1-5-14(18)16(20)12-6-7-15-13(9-12)8-11(4)19(15)17(21)10(2)3/h6-7,9-11,14H,5,8H2,1-4H3. The third-order valence-electron chi connectivity index (χ3n) is 3.95. The zero-order valence-electron chi connectivity index (χ0n) is 13.0. The molecule has 3 nitrogen and oxygen atoms in total. The molecule has 1 amide bonds. The lowest BCUT2D eigenvalue weighted by Gasteiger charge is -2.24. The molecule has 0 bridgehead atoms. The van der Waals surface area contributed by atoms with E-state index in [2.05, 4.69) is 0 Å². The molecule has 2 atom stereocenters. The van der Waals surface area contributed by atoms with E-state index < -0.39 is 5.38 Å². The van der Waals surface area contributed by atoms with Gasteiger partial charge < -0.3 is 4.90 Å². The summed E-state index contributed by atoms with van der Waals surface area (Å²) in [7, 11) is 0. The van der Waals surface area contributed by atoms with Gasteiger partial charge in [0.25, 0.3) is 0 Å². The number of alkyl halides is 1. The molecule has 1 heterocycles. The van der Waals surface area contributed by atoms with Gasteiger partial charge in [-0.15, -0.1) is 11.6 Å². The third kappa shape index (κ3) is 2.98. The Bertz CT molecular complexity index is 568. The van der Waals surface area contributed by atoms with Crippen molar-refractivity contribution in [3.8, 4) is 0 Å². The number of hydrogen-bond acceptors (Lipinski definition) is 2. The lowest BCUT2D eigenvalue weighted by Crippen LogP contribution is -2.38. The SMILES string of the molecule is CCC(Cl)C(=O)c1ccc2c(c1)CC(C)N2C(=O)C(C)C. The number of hydrogen-bond donors (Lipinski definition) is 0. The highest BCUT2D eigenvalue weighted by Gasteiger charge is 2.32. The Morgan fingerprint density at radius 1 is 1.38 bits per heavy atom. The zero-order valence-corrected chi connectivity index (χ0v) is 13.8. The van der Waals surface area contributed by atoms with Crippen LogP contribution in [0.5, 0.6) is 0 Å². The van der Waals surface area contributed by atoms with Crippen LogP contribution in [-0.4, -0.2) is 23.1 Å². The van der Waals surface area contributed by atoms with Crippen LogP contribution < -0.4 is 4.90 Å². The number of Topliss-reactive ketones (excluding diaryl/α,β-unsaturated/α-hetero) is 1. The van der Waals surface area contributed by atoms with Gasteiger partial charge in [-0.2, -0.15) is 0 Å². The van der Waals surface area contributed by atoms with E-state index in [0.29, 0.717) is 12.0 Å². The average molecular weight is 308 g/mol. The van der Waals surface area contributed by atoms with Gasteiger partial charge in [0.2, 0.25) is 5.91 Å². The number of benzene rings is 1. The van der Waals surface area contributed by atoms with Gasteiger partial charge in [0, 0.05) is 23.2 Å². The molecule has 1 aliphatic rings. The van der Waals surface area contributed by atoms with Crippen molar-refractivity contribution in [2.24, 2.45) is 5.92 Å². The minimum atomic E-state index is -0.477. The molecule has 0 saturated carbocycles. The van der Waals surface area contributed by atoms with Gasteiger partial charge >= 0.3 is 0 Å². The topological polar surface area (TPSA) is 37.4 Å². The number of amides is 1. The van der Waals surface area contributed by atoms with Crippen molar-refractivity contribution in [2.45, 2.75) is 52.0 Å². The Kier molecular flexibility index (Phi) is 4.72. The summed E-state index contributed by atoms with van der Waals surface area (Å²) in [4.78, 5) is 26.4. The lowest BCUT2D eigenvalue weighted by atomic mass is 10.0. The van der Waals surface area contributed by atoms with E-state index in [4.69, 9.17) is 11.6 Å². The predicted octanol–water partition coefficient (Wildman–Crippen LogP) is 3.82. The molecule has 1 aromatic rings. The van der Waals surface area contributed by atoms with Crippen molar-refractivity contribution in [2.75, 3.05) is 4.90 Å². The molecule has 0 N–H and O–H groups in total. The monoisotopic (exact) mass is 307 g/mol. The number of anilines is 1. The molecule has 2 rings (SSSR count). The maximum atomic E-state index is 12.3. The number of halogens is 1. The molecule has 0 aliphatic carbocycles. The van der Waals surface area contributed by atoms with Gasteiger partial charge in [0.15, 0.2) is 5.78 Å². The van der Waals surface area contributed by atoms with Crippen LogP contribution in [0.2, 0.25) is 0 Å². The molecule has 0 fully saturated rings. The summed E-state index contributed by atoms with van der Waals surface area (Å²) in [6.07, 6.45) is 1.40. The van der Waals surface area contributed by atoms with Gasteiger partial charge in [-0.25, -0.2) is 0 Å². The van der Waals surface area contributed by atoms with Gasteiger partial charge in [0.1, 0.15) is 0 Å². The molecule has 21 heavy (non-hydrogen) atoms. The summed E-state index contributed by atoms with van der Waals surface area (Å²) < 4.78 is 0. The third-order valence-corrected chi connectivity index (χ3v) is 4.46. The Balaban J connectivity index is 2.34. The largest absolute Gasteiger partial charge is 0.309 e. The highest BCUT2D eigenvalue weighted by molar-refractivity contribution is 6.33. The van der Waals surface area contributed by atoms with E-state index in [9.17, 15) is 9.59 Å². The quantitative estimate of drug-likeness (QED) is 0.626. The van der Waals surface area contributed by atoms with Crippen LogP contribution >= 0.6 is 11.6 Å². The van der Waals surface area contributed by atoms with E-state index in [1.807, 2.05) is 44.7 Å². The summed E-state index contributed by atoms with van der Waals surface area (Å²) in [6, 6.07) is 5.70. The van der Waals surface area contributed by atoms with E-state index in [-0.39, 0.29) is 23.7 Å². The van der Waals surface area contributed by atoms with Crippen molar-refractivity contribution in [3.63, 3.8) is 0 Å². The van der Waals surface area contributed by atoms with Crippen LogP contribution in [0.4, 0.5) is 5.69 Å². The fraction of sp³-hybridized carbons (Fsp3) is 0.529. The van der Waals surface area contributed by atoms with E-state index >= 15 is 0 Å². The molecule has 0 radical (unpaired) electrons. The maximum absolute atomic E-state index is 12.3. The number of rotatable bonds is 4. The number of carbonyl (C=O) groups excluding carboxylic acids is 2. The first-order valence-corrected chi connectivity index (χ1v) is 7.94. The van der Waals surface area contributed by atoms with Crippen LogP contribution in [0, 0.1) is 5.92 Å². The van der Waals surface area contributed by atoms with Crippen LogP contribution in [0.1, 0.15) is 50.0 Å². The zero-order chi connectivity index (χ0) is 15.7. The normalized spacial score (nSPS) is 18.8.